The summed E-state index contributed by atoms with van der Waals surface area (Å²) in [5.41, 5.74) is 11.2. The van der Waals surface area contributed by atoms with Crippen molar-refractivity contribution in [3.63, 3.8) is 0 Å². The van der Waals surface area contributed by atoms with Gasteiger partial charge in [-0.15, -0.1) is 0 Å². The van der Waals surface area contributed by atoms with Gasteiger partial charge >= 0.3 is 0 Å². The Bertz CT molecular complexity index is 579. The van der Waals surface area contributed by atoms with E-state index in [0.717, 1.165) is 28.3 Å². The van der Waals surface area contributed by atoms with E-state index in [0.29, 0.717) is 6.54 Å². The van der Waals surface area contributed by atoms with E-state index >= 15 is 0 Å². The van der Waals surface area contributed by atoms with E-state index < -0.39 is 0 Å². The summed E-state index contributed by atoms with van der Waals surface area (Å²) in [5, 5.41) is 3.35. The quantitative estimate of drug-likeness (QED) is 0.823. The normalized spacial score (nSPS) is 10.3. The zero-order valence-corrected chi connectivity index (χ0v) is 11.7. The van der Waals surface area contributed by atoms with Crippen molar-refractivity contribution >= 4 is 11.4 Å². The molecule has 2 rings (SSSR count). The molecule has 3 N–H and O–H groups in total. The van der Waals surface area contributed by atoms with Crippen molar-refractivity contribution in [3.05, 3.63) is 53.1 Å². The minimum Gasteiger partial charge on any atom is -0.496 e. The number of hydrogen-bond donors (Lipinski definition) is 2. The average Bonchev–Trinajstić information content (AvgIpc) is 2.38. The van der Waals surface area contributed by atoms with Crippen molar-refractivity contribution < 1.29 is 4.74 Å². The van der Waals surface area contributed by atoms with Crippen LogP contribution in [0.5, 0.6) is 5.75 Å². The van der Waals surface area contributed by atoms with E-state index in [1.165, 1.54) is 5.56 Å². The van der Waals surface area contributed by atoms with Crippen LogP contribution in [-0.2, 0) is 6.54 Å². The average molecular weight is 256 g/mol. The molecule has 0 unspecified atom stereocenters. The smallest absolute Gasteiger partial charge is 0.123 e. The number of aryl methyl sites for hydroxylation is 2. The molecule has 3 nitrogen and oxygen atoms in total. The Labute approximate surface area is 114 Å². The van der Waals surface area contributed by atoms with Crippen LogP contribution in [0.1, 0.15) is 16.7 Å². The summed E-state index contributed by atoms with van der Waals surface area (Å²) in [4.78, 5) is 0. The van der Waals surface area contributed by atoms with Gasteiger partial charge in [0.2, 0.25) is 0 Å². The molecule has 0 radical (unpaired) electrons. The van der Waals surface area contributed by atoms with Gasteiger partial charge in [-0.1, -0.05) is 23.8 Å². The minimum absolute atomic E-state index is 0.693. The maximum Gasteiger partial charge on any atom is 0.123 e. The largest absolute Gasteiger partial charge is 0.496 e. The molecule has 3 heteroatoms. The molecule has 0 atom stereocenters. The van der Waals surface area contributed by atoms with Gasteiger partial charge in [0.15, 0.2) is 0 Å². The first-order valence-corrected chi connectivity index (χ1v) is 6.33. The third-order valence-corrected chi connectivity index (χ3v) is 3.11. The Morgan fingerprint density at radius 1 is 1.05 bits per heavy atom. The second kappa shape index (κ2) is 5.65. The van der Waals surface area contributed by atoms with Crippen molar-refractivity contribution in [2.45, 2.75) is 20.4 Å². The molecule has 0 aliphatic carbocycles. The van der Waals surface area contributed by atoms with Crippen LogP contribution in [0.4, 0.5) is 11.4 Å². The molecule has 0 spiro atoms. The van der Waals surface area contributed by atoms with Crippen LogP contribution in [0.2, 0.25) is 0 Å². The molecule has 2 aromatic carbocycles. The van der Waals surface area contributed by atoms with Gasteiger partial charge in [-0.05, 0) is 37.6 Å². The molecule has 0 aromatic heterocycles. The zero-order chi connectivity index (χ0) is 13.8. The molecule has 100 valence electrons. The van der Waals surface area contributed by atoms with E-state index in [9.17, 15) is 0 Å². The maximum absolute atomic E-state index is 5.99. The number of benzene rings is 2. The fraction of sp³-hybridized carbons (Fsp3) is 0.250. The predicted octanol–water partition coefficient (Wildman–Crippen LogP) is 3.51. The first-order chi connectivity index (χ1) is 9.10. The van der Waals surface area contributed by atoms with Crippen LogP contribution >= 0.6 is 0 Å². The molecule has 19 heavy (non-hydrogen) atoms. The van der Waals surface area contributed by atoms with E-state index in [1.54, 1.807) is 7.11 Å². The highest BCUT2D eigenvalue weighted by molar-refractivity contribution is 5.67. The highest BCUT2D eigenvalue weighted by atomic mass is 16.5. The Kier molecular flexibility index (Phi) is 3.95. The molecular formula is C16H20N2O. The molecular weight excluding hydrogens is 236 g/mol. The number of nitrogens with one attached hydrogen (secondary N) is 1. The van der Waals surface area contributed by atoms with Gasteiger partial charge < -0.3 is 15.8 Å². The Balaban J connectivity index is 2.16. The minimum atomic E-state index is 0.693. The summed E-state index contributed by atoms with van der Waals surface area (Å²) in [6, 6.07) is 12.2. The lowest BCUT2D eigenvalue weighted by molar-refractivity contribution is 0.410. The molecule has 0 fully saturated rings. The summed E-state index contributed by atoms with van der Waals surface area (Å²) in [7, 11) is 1.69. The van der Waals surface area contributed by atoms with Gasteiger partial charge in [0, 0.05) is 12.1 Å². The first-order valence-electron chi connectivity index (χ1n) is 6.33. The van der Waals surface area contributed by atoms with E-state index in [1.807, 2.05) is 37.3 Å². The standard InChI is InChI=1S/C16H20N2O/c1-11-5-7-16(19-3)13(8-11)10-18-15-6-4-12(2)9-14(15)17/h4-9,18H,10,17H2,1-3H3. The SMILES string of the molecule is COc1ccc(C)cc1CNc1ccc(C)cc1N. The van der Waals surface area contributed by atoms with Crippen LogP contribution in [0.15, 0.2) is 36.4 Å². The number of nitrogens with two attached hydrogens (primary N) is 1. The third kappa shape index (κ3) is 3.19. The number of rotatable bonds is 4. The fourth-order valence-corrected chi connectivity index (χ4v) is 2.08. The number of anilines is 2. The molecule has 0 saturated heterocycles. The Hall–Kier alpha value is -2.16. The summed E-state index contributed by atoms with van der Waals surface area (Å²) < 4.78 is 5.37. The highest BCUT2D eigenvalue weighted by Gasteiger charge is 2.04. The van der Waals surface area contributed by atoms with Crippen molar-refractivity contribution in [2.75, 3.05) is 18.2 Å². The van der Waals surface area contributed by atoms with Gasteiger partial charge in [-0.25, -0.2) is 0 Å². The highest BCUT2D eigenvalue weighted by Crippen LogP contribution is 2.24. The van der Waals surface area contributed by atoms with Gasteiger partial charge in [-0.3, -0.25) is 0 Å². The second-order valence-corrected chi connectivity index (χ2v) is 4.76. The van der Waals surface area contributed by atoms with E-state index in [-0.39, 0.29) is 0 Å². The third-order valence-electron chi connectivity index (χ3n) is 3.11. The van der Waals surface area contributed by atoms with Crippen LogP contribution in [-0.4, -0.2) is 7.11 Å². The summed E-state index contributed by atoms with van der Waals surface area (Å²) in [6.07, 6.45) is 0. The van der Waals surface area contributed by atoms with Crippen molar-refractivity contribution in [3.8, 4) is 5.75 Å². The summed E-state index contributed by atoms with van der Waals surface area (Å²) in [5.74, 6) is 0.892. The van der Waals surface area contributed by atoms with Gasteiger partial charge in [0.1, 0.15) is 5.75 Å². The zero-order valence-electron chi connectivity index (χ0n) is 11.7. The number of hydrogen-bond acceptors (Lipinski definition) is 3. The lowest BCUT2D eigenvalue weighted by Gasteiger charge is -2.13. The van der Waals surface area contributed by atoms with Crippen LogP contribution in [0.3, 0.4) is 0 Å². The van der Waals surface area contributed by atoms with E-state index in [2.05, 4.69) is 18.3 Å². The lowest BCUT2D eigenvalue weighted by atomic mass is 10.1. The number of nitrogen functional groups attached to an aromatic ring is 1. The van der Waals surface area contributed by atoms with Crippen molar-refractivity contribution in [1.29, 1.82) is 0 Å². The molecule has 0 aliphatic rings. The first kappa shape index (κ1) is 13.3. The monoisotopic (exact) mass is 256 g/mol. The summed E-state index contributed by atoms with van der Waals surface area (Å²) in [6.45, 7) is 4.80. The molecule has 0 aliphatic heterocycles. The van der Waals surface area contributed by atoms with Crippen molar-refractivity contribution in [2.24, 2.45) is 0 Å². The van der Waals surface area contributed by atoms with Crippen LogP contribution < -0.4 is 15.8 Å². The Morgan fingerprint density at radius 2 is 1.74 bits per heavy atom. The van der Waals surface area contributed by atoms with Crippen LogP contribution in [0.25, 0.3) is 0 Å². The molecule has 2 aromatic rings. The van der Waals surface area contributed by atoms with Gasteiger partial charge in [-0.2, -0.15) is 0 Å². The number of ether oxygens (including phenoxy) is 1. The Morgan fingerprint density at radius 3 is 2.42 bits per heavy atom. The van der Waals surface area contributed by atoms with E-state index in [4.69, 9.17) is 10.5 Å². The topological polar surface area (TPSA) is 47.3 Å². The summed E-state index contributed by atoms with van der Waals surface area (Å²) >= 11 is 0. The molecule has 0 bridgehead atoms. The second-order valence-electron chi connectivity index (χ2n) is 4.76. The van der Waals surface area contributed by atoms with Crippen LogP contribution in [0, 0.1) is 13.8 Å². The molecule has 0 amide bonds. The number of methoxy groups -OCH3 is 1. The fourth-order valence-electron chi connectivity index (χ4n) is 2.08. The van der Waals surface area contributed by atoms with Gasteiger partial charge in [0.25, 0.3) is 0 Å². The molecule has 0 saturated carbocycles. The molecule has 0 heterocycles. The van der Waals surface area contributed by atoms with Gasteiger partial charge in [0.05, 0.1) is 18.5 Å². The predicted molar refractivity (Wildman–Crippen MR) is 80.6 cm³/mol. The van der Waals surface area contributed by atoms with Crippen molar-refractivity contribution in [1.82, 2.24) is 0 Å². The maximum atomic E-state index is 5.99. The lowest BCUT2D eigenvalue weighted by Crippen LogP contribution is -2.04.